The molecule has 1 rings (SSSR count). The van der Waals surface area contributed by atoms with Crippen LogP contribution in [0.1, 0.15) is 0 Å². The highest BCUT2D eigenvalue weighted by Crippen LogP contribution is 2.49. The van der Waals surface area contributed by atoms with E-state index in [-0.39, 0.29) is 19.1 Å². The van der Waals surface area contributed by atoms with Crippen LogP contribution in [0.4, 0.5) is 0 Å². The summed E-state index contributed by atoms with van der Waals surface area (Å²) >= 11 is 0. The number of rotatable bonds is 2. The highest BCUT2D eigenvalue weighted by atomic mass is 31.2. The normalized spacial score (nSPS) is 38.8. The Kier molecular flexibility index (Phi) is 3.13. The Bertz CT molecular complexity index is 162. The van der Waals surface area contributed by atoms with Gasteiger partial charge in [-0.3, -0.25) is 4.57 Å². The van der Waals surface area contributed by atoms with Crippen LogP contribution in [-0.4, -0.2) is 34.0 Å². The van der Waals surface area contributed by atoms with E-state index in [0.717, 1.165) is 0 Å². The fourth-order valence-electron chi connectivity index (χ4n) is 0.720. The standard InChI is InChI=1S/C5H10BO4P/c1-8-11(7)4-9-5(2-6)3-10-11/h5H,2-4H2,1H3. The van der Waals surface area contributed by atoms with Crippen molar-refractivity contribution in [2.75, 3.05) is 20.1 Å². The van der Waals surface area contributed by atoms with Crippen LogP contribution >= 0.6 is 7.60 Å². The molecule has 0 saturated carbocycles. The van der Waals surface area contributed by atoms with Crippen LogP contribution in [0.2, 0.25) is 6.32 Å². The Morgan fingerprint density at radius 1 is 1.82 bits per heavy atom. The first kappa shape index (κ1) is 9.26. The molecule has 1 fully saturated rings. The quantitative estimate of drug-likeness (QED) is 0.460. The number of hydrogen-bond acceptors (Lipinski definition) is 4. The van der Waals surface area contributed by atoms with Gasteiger partial charge in [-0.05, 0) is 0 Å². The molecule has 0 aliphatic carbocycles. The van der Waals surface area contributed by atoms with Crippen LogP contribution in [0, 0.1) is 0 Å². The Balaban J connectivity index is 2.41. The minimum absolute atomic E-state index is 0.00532. The van der Waals surface area contributed by atoms with Crippen molar-refractivity contribution in [3.63, 3.8) is 0 Å². The van der Waals surface area contributed by atoms with Crippen LogP contribution in [-0.2, 0) is 18.3 Å². The van der Waals surface area contributed by atoms with Gasteiger partial charge < -0.3 is 13.8 Å². The summed E-state index contributed by atoms with van der Waals surface area (Å²) in [7, 11) is 3.72. The number of hydrogen-bond donors (Lipinski definition) is 0. The van der Waals surface area contributed by atoms with Gasteiger partial charge in [-0.15, -0.1) is 0 Å². The zero-order chi connectivity index (χ0) is 8.32. The third kappa shape index (κ3) is 2.31. The molecule has 6 heteroatoms. The van der Waals surface area contributed by atoms with Crippen LogP contribution in [0.5, 0.6) is 0 Å². The van der Waals surface area contributed by atoms with Crippen molar-refractivity contribution in [1.82, 2.24) is 0 Å². The summed E-state index contributed by atoms with van der Waals surface area (Å²) in [5, 5.41) is 0. The molecule has 2 unspecified atom stereocenters. The first-order valence-electron chi connectivity index (χ1n) is 3.31. The first-order valence-corrected chi connectivity index (χ1v) is 5.04. The van der Waals surface area contributed by atoms with Gasteiger partial charge in [0.15, 0.2) is 0 Å². The lowest BCUT2D eigenvalue weighted by molar-refractivity contribution is 0.00886. The molecule has 2 atom stereocenters. The molecular weight excluding hydrogens is 166 g/mol. The van der Waals surface area contributed by atoms with E-state index in [1.54, 1.807) is 0 Å². The lowest BCUT2D eigenvalue weighted by Crippen LogP contribution is -2.25. The Labute approximate surface area is 67.1 Å². The van der Waals surface area contributed by atoms with E-state index in [2.05, 4.69) is 4.52 Å². The molecule has 0 N–H and O–H groups in total. The Morgan fingerprint density at radius 3 is 2.91 bits per heavy atom. The molecule has 1 aliphatic rings. The van der Waals surface area contributed by atoms with Gasteiger partial charge in [0.1, 0.15) is 6.35 Å². The summed E-state index contributed by atoms with van der Waals surface area (Å²) in [5.41, 5.74) is 0. The minimum atomic E-state index is -2.92. The summed E-state index contributed by atoms with van der Waals surface area (Å²) < 4.78 is 25.9. The molecule has 62 valence electrons. The average Bonchev–Trinajstić information content (AvgIpc) is 2.06. The van der Waals surface area contributed by atoms with Gasteiger partial charge in [-0.1, -0.05) is 6.32 Å². The smallest absolute Gasteiger partial charge is 0.355 e. The van der Waals surface area contributed by atoms with Crippen LogP contribution in [0.15, 0.2) is 0 Å². The van der Waals surface area contributed by atoms with E-state index >= 15 is 0 Å². The van der Waals surface area contributed by atoms with E-state index in [1.807, 2.05) is 0 Å². The molecule has 0 bridgehead atoms. The van der Waals surface area contributed by atoms with Crippen molar-refractivity contribution in [3.8, 4) is 0 Å². The molecule has 0 aromatic rings. The van der Waals surface area contributed by atoms with Gasteiger partial charge in [0.05, 0.1) is 20.6 Å². The van der Waals surface area contributed by atoms with E-state index in [0.29, 0.717) is 6.32 Å². The first-order chi connectivity index (χ1) is 5.20. The minimum Gasteiger partial charge on any atom is -0.364 e. The average molecular weight is 176 g/mol. The molecule has 0 aromatic heterocycles. The van der Waals surface area contributed by atoms with Crippen LogP contribution in [0.3, 0.4) is 0 Å². The monoisotopic (exact) mass is 176 g/mol. The van der Waals surface area contributed by atoms with Gasteiger partial charge in [0.25, 0.3) is 0 Å². The molecule has 0 spiro atoms. The highest BCUT2D eigenvalue weighted by molar-refractivity contribution is 7.53. The second-order valence-corrected chi connectivity index (χ2v) is 4.35. The van der Waals surface area contributed by atoms with Gasteiger partial charge in [0.2, 0.25) is 0 Å². The molecule has 1 aliphatic heterocycles. The van der Waals surface area contributed by atoms with Crippen molar-refractivity contribution < 1.29 is 18.3 Å². The number of ether oxygens (including phenoxy) is 1. The lowest BCUT2D eigenvalue weighted by Gasteiger charge is -2.27. The fraction of sp³-hybridized carbons (Fsp3) is 1.00. The summed E-state index contributed by atoms with van der Waals surface area (Å²) in [6.45, 7) is 0.252. The molecule has 4 nitrogen and oxygen atoms in total. The fourth-order valence-corrected chi connectivity index (χ4v) is 1.79. The van der Waals surface area contributed by atoms with Gasteiger partial charge in [-0.2, -0.15) is 0 Å². The summed E-state index contributed by atoms with van der Waals surface area (Å²) in [6, 6.07) is 0. The molecule has 2 radical (unpaired) electrons. The van der Waals surface area contributed by atoms with E-state index in [1.165, 1.54) is 7.11 Å². The van der Waals surface area contributed by atoms with Crippen LogP contribution < -0.4 is 0 Å². The SMILES string of the molecule is [B]CC1COP(=O)(OC)CO1. The molecule has 1 saturated heterocycles. The highest BCUT2D eigenvalue weighted by Gasteiger charge is 2.30. The Hall–Kier alpha value is 0.175. The topological polar surface area (TPSA) is 44.8 Å². The third-order valence-electron chi connectivity index (χ3n) is 1.47. The largest absolute Gasteiger partial charge is 0.364 e. The zero-order valence-electron chi connectivity index (χ0n) is 6.36. The van der Waals surface area contributed by atoms with Crippen molar-refractivity contribution in [1.29, 1.82) is 0 Å². The van der Waals surface area contributed by atoms with E-state index in [9.17, 15) is 4.57 Å². The van der Waals surface area contributed by atoms with E-state index in [4.69, 9.17) is 17.1 Å². The van der Waals surface area contributed by atoms with E-state index < -0.39 is 7.60 Å². The predicted molar refractivity (Wildman–Crippen MR) is 40.9 cm³/mol. The van der Waals surface area contributed by atoms with Crippen LogP contribution in [0.25, 0.3) is 0 Å². The maximum Gasteiger partial charge on any atom is 0.355 e. The van der Waals surface area contributed by atoms with Gasteiger partial charge in [-0.25, -0.2) is 0 Å². The molecule has 1 heterocycles. The second-order valence-electron chi connectivity index (χ2n) is 2.24. The molecule has 0 amide bonds. The second kappa shape index (κ2) is 3.72. The zero-order valence-corrected chi connectivity index (χ0v) is 7.25. The summed E-state index contributed by atoms with van der Waals surface area (Å²) in [6.07, 6.45) is 0.238. The molecule has 0 aromatic carbocycles. The molecular formula is C5H10BO4P. The van der Waals surface area contributed by atoms with Crippen molar-refractivity contribution in [2.45, 2.75) is 12.4 Å². The van der Waals surface area contributed by atoms with Crippen molar-refractivity contribution in [3.05, 3.63) is 0 Å². The maximum absolute atomic E-state index is 11.3. The van der Waals surface area contributed by atoms with Crippen molar-refractivity contribution in [2.24, 2.45) is 0 Å². The molecule has 11 heavy (non-hydrogen) atoms. The van der Waals surface area contributed by atoms with Gasteiger partial charge >= 0.3 is 7.60 Å². The third-order valence-corrected chi connectivity index (χ3v) is 3.03. The van der Waals surface area contributed by atoms with Gasteiger partial charge in [0, 0.05) is 7.11 Å². The predicted octanol–water partition coefficient (Wildman–Crippen LogP) is 0.786. The maximum atomic E-state index is 11.3. The Morgan fingerprint density at radius 2 is 2.55 bits per heavy atom. The summed E-state index contributed by atoms with van der Waals surface area (Å²) in [5.74, 6) is 0. The van der Waals surface area contributed by atoms with Crippen molar-refractivity contribution >= 4 is 15.4 Å². The summed E-state index contributed by atoms with van der Waals surface area (Å²) in [4.78, 5) is 0. The lowest BCUT2D eigenvalue weighted by atomic mass is 10.0.